The molecule has 2 aromatic carbocycles. The number of amides is 2. The van der Waals surface area contributed by atoms with Gasteiger partial charge in [-0.25, -0.2) is 0 Å². The zero-order valence-corrected chi connectivity index (χ0v) is 17.2. The van der Waals surface area contributed by atoms with E-state index < -0.39 is 6.10 Å². The van der Waals surface area contributed by atoms with Crippen molar-refractivity contribution in [1.82, 2.24) is 4.90 Å². The summed E-state index contributed by atoms with van der Waals surface area (Å²) in [7, 11) is 1.59. The van der Waals surface area contributed by atoms with Crippen molar-refractivity contribution in [2.24, 2.45) is 5.92 Å². The molecule has 1 fully saturated rings. The first kappa shape index (κ1) is 20.7. The highest BCUT2D eigenvalue weighted by Gasteiger charge is 2.22. The smallest absolute Gasteiger partial charge is 0.265 e. The van der Waals surface area contributed by atoms with Crippen LogP contribution in [-0.4, -0.2) is 43.0 Å². The summed E-state index contributed by atoms with van der Waals surface area (Å²) in [5.74, 6) is 1.69. The lowest BCUT2D eigenvalue weighted by Crippen LogP contribution is -2.38. The maximum atomic E-state index is 12.8. The number of hydrogen-bond donors (Lipinski definition) is 1. The van der Waals surface area contributed by atoms with Gasteiger partial charge in [-0.1, -0.05) is 13.0 Å². The molecule has 0 aliphatic carbocycles. The van der Waals surface area contributed by atoms with Gasteiger partial charge in [-0.3, -0.25) is 9.59 Å². The fourth-order valence-corrected chi connectivity index (χ4v) is 3.28. The van der Waals surface area contributed by atoms with Gasteiger partial charge in [-0.15, -0.1) is 0 Å². The zero-order chi connectivity index (χ0) is 20.8. The van der Waals surface area contributed by atoms with Gasteiger partial charge in [0.25, 0.3) is 11.8 Å². The first-order valence-corrected chi connectivity index (χ1v) is 9.97. The highest BCUT2D eigenvalue weighted by Crippen LogP contribution is 2.21. The quantitative estimate of drug-likeness (QED) is 0.802. The second-order valence-electron chi connectivity index (χ2n) is 7.48. The molecule has 0 saturated carbocycles. The van der Waals surface area contributed by atoms with Gasteiger partial charge < -0.3 is 19.7 Å². The molecule has 29 heavy (non-hydrogen) atoms. The third-order valence-electron chi connectivity index (χ3n) is 5.19. The maximum Gasteiger partial charge on any atom is 0.265 e. The van der Waals surface area contributed by atoms with Gasteiger partial charge in [-0.05, 0) is 68.1 Å². The lowest BCUT2D eigenvalue weighted by atomic mass is 9.98. The van der Waals surface area contributed by atoms with Crippen LogP contribution in [0.2, 0.25) is 0 Å². The lowest BCUT2D eigenvalue weighted by Gasteiger charge is -2.30. The summed E-state index contributed by atoms with van der Waals surface area (Å²) < 4.78 is 10.8. The van der Waals surface area contributed by atoms with Crippen molar-refractivity contribution >= 4 is 17.5 Å². The number of ether oxygens (including phenoxy) is 2. The Bertz CT molecular complexity index is 842. The van der Waals surface area contributed by atoms with E-state index in [1.165, 1.54) is 0 Å². The van der Waals surface area contributed by atoms with Gasteiger partial charge in [-0.2, -0.15) is 0 Å². The van der Waals surface area contributed by atoms with Crippen LogP contribution in [0.5, 0.6) is 11.5 Å². The van der Waals surface area contributed by atoms with Crippen LogP contribution in [-0.2, 0) is 4.79 Å². The van der Waals surface area contributed by atoms with E-state index in [0.717, 1.165) is 31.7 Å². The zero-order valence-electron chi connectivity index (χ0n) is 17.2. The summed E-state index contributed by atoms with van der Waals surface area (Å²) in [5, 5.41) is 2.83. The van der Waals surface area contributed by atoms with Crippen molar-refractivity contribution in [2.75, 3.05) is 25.5 Å². The summed E-state index contributed by atoms with van der Waals surface area (Å²) in [6.45, 7) is 5.46. The topological polar surface area (TPSA) is 67.9 Å². The number of methoxy groups -OCH3 is 1. The van der Waals surface area contributed by atoms with Crippen LogP contribution in [0.15, 0.2) is 48.5 Å². The maximum absolute atomic E-state index is 12.8. The first-order valence-electron chi connectivity index (χ1n) is 9.97. The van der Waals surface area contributed by atoms with E-state index in [0.29, 0.717) is 22.9 Å². The largest absolute Gasteiger partial charge is 0.497 e. The highest BCUT2D eigenvalue weighted by molar-refractivity contribution is 5.98. The second kappa shape index (κ2) is 9.45. The van der Waals surface area contributed by atoms with Crippen LogP contribution < -0.4 is 14.8 Å². The number of carbonyl (C=O) groups is 2. The Balaban J connectivity index is 1.59. The number of carbonyl (C=O) groups excluding carboxylic acids is 2. The molecule has 1 unspecified atom stereocenters. The molecule has 1 aliphatic rings. The Morgan fingerprint density at radius 2 is 1.72 bits per heavy atom. The molecule has 0 spiro atoms. The van der Waals surface area contributed by atoms with Gasteiger partial charge in [0.1, 0.15) is 11.5 Å². The monoisotopic (exact) mass is 396 g/mol. The van der Waals surface area contributed by atoms with E-state index in [4.69, 9.17) is 9.47 Å². The van der Waals surface area contributed by atoms with Crippen molar-refractivity contribution in [2.45, 2.75) is 32.8 Å². The summed E-state index contributed by atoms with van der Waals surface area (Å²) in [6.07, 6.45) is 1.37. The summed E-state index contributed by atoms with van der Waals surface area (Å²) in [6, 6.07) is 14.1. The molecular formula is C23H28N2O4. The number of nitrogens with zero attached hydrogens (tertiary/aromatic N) is 1. The standard InChI is InChI=1S/C23H28N2O4/c1-16-11-13-25(14-12-16)23(27)18-5-4-6-19(15-18)24-22(26)17(2)29-21-9-7-20(28-3)8-10-21/h4-10,15-17H,11-14H2,1-3H3,(H,24,26). The lowest BCUT2D eigenvalue weighted by molar-refractivity contribution is -0.122. The van der Waals surface area contributed by atoms with Gasteiger partial charge >= 0.3 is 0 Å². The molecule has 0 radical (unpaired) electrons. The van der Waals surface area contributed by atoms with Gasteiger partial charge in [0.2, 0.25) is 0 Å². The second-order valence-corrected chi connectivity index (χ2v) is 7.48. The molecule has 1 saturated heterocycles. The average molecular weight is 396 g/mol. The fraction of sp³-hybridized carbons (Fsp3) is 0.391. The van der Waals surface area contributed by atoms with Crippen LogP contribution in [0.1, 0.15) is 37.0 Å². The van der Waals surface area contributed by atoms with E-state index in [2.05, 4.69) is 12.2 Å². The SMILES string of the molecule is COc1ccc(OC(C)C(=O)Nc2cccc(C(=O)N3CCC(C)CC3)c2)cc1. The van der Waals surface area contributed by atoms with E-state index in [1.807, 2.05) is 4.90 Å². The van der Waals surface area contributed by atoms with E-state index in [1.54, 1.807) is 62.6 Å². The molecule has 6 nitrogen and oxygen atoms in total. The van der Waals surface area contributed by atoms with Crippen molar-refractivity contribution < 1.29 is 19.1 Å². The minimum Gasteiger partial charge on any atom is -0.497 e. The van der Waals surface area contributed by atoms with Crippen LogP contribution >= 0.6 is 0 Å². The van der Waals surface area contributed by atoms with Crippen LogP contribution in [0.4, 0.5) is 5.69 Å². The molecular weight excluding hydrogens is 368 g/mol. The number of anilines is 1. The number of benzene rings is 2. The molecule has 2 amide bonds. The van der Waals surface area contributed by atoms with Gasteiger partial charge in [0, 0.05) is 24.3 Å². The molecule has 0 bridgehead atoms. The molecule has 3 rings (SSSR count). The minimum atomic E-state index is -0.689. The van der Waals surface area contributed by atoms with Crippen molar-refractivity contribution in [3.05, 3.63) is 54.1 Å². The van der Waals surface area contributed by atoms with E-state index in [-0.39, 0.29) is 11.8 Å². The third-order valence-corrected chi connectivity index (χ3v) is 5.19. The highest BCUT2D eigenvalue weighted by atomic mass is 16.5. The van der Waals surface area contributed by atoms with Crippen LogP contribution in [0.25, 0.3) is 0 Å². The van der Waals surface area contributed by atoms with Gasteiger partial charge in [0.05, 0.1) is 7.11 Å². The Morgan fingerprint density at radius 1 is 1.07 bits per heavy atom. The molecule has 1 atom stereocenters. The number of rotatable bonds is 6. The summed E-state index contributed by atoms with van der Waals surface area (Å²) >= 11 is 0. The normalized spacial score (nSPS) is 15.5. The van der Waals surface area contributed by atoms with E-state index in [9.17, 15) is 9.59 Å². The third kappa shape index (κ3) is 5.50. The molecule has 1 aliphatic heterocycles. The number of likely N-dealkylation sites (tertiary alicyclic amines) is 1. The van der Waals surface area contributed by atoms with Crippen LogP contribution in [0.3, 0.4) is 0 Å². The predicted molar refractivity (Wildman–Crippen MR) is 112 cm³/mol. The molecule has 154 valence electrons. The van der Waals surface area contributed by atoms with Crippen LogP contribution in [0, 0.1) is 5.92 Å². The molecule has 6 heteroatoms. The summed E-state index contributed by atoms with van der Waals surface area (Å²) in [4.78, 5) is 27.1. The average Bonchev–Trinajstić information content (AvgIpc) is 2.74. The number of nitrogens with one attached hydrogen (secondary N) is 1. The molecule has 1 N–H and O–H groups in total. The Kier molecular flexibility index (Phi) is 6.75. The predicted octanol–water partition coefficient (Wildman–Crippen LogP) is 3.97. The number of piperidine rings is 1. The minimum absolute atomic E-state index is 0.00975. The Labute approximate surface area is 171 Å². The first-order chi connectivity index (χ1) is 14.0. The van der Waals surface area contributed by atoms with Crippen molar-refractivity contribution in [3.8, 4) is 11.5 Å². The van der Waals surface area contributed by atoms with Gasteiger partial charge in [0.15, 0.2) is 6.10 Å². The van der Waals surface area contributed by atoms with Crippen molar-refractivity contribution in [1.29, 1.82) is 0 Å². The van der Waals surface area contributed by atoms with E-state index >= 15 is 0 Å². The Morgan fingerprint density at radius 3 is 2.38 bits per heavy atom. The summed E-state index contributed by atoms with van der Waals surface area (Å²) in [5.41, 5.74) is 1.16. The number of hydrogen-bond acceptors (Lipinski definition) is 4. The molecule has 1 heterocycles. The fourth-order valence-electron chi connectivity index (χ4n) is 3.28. The Hall–Kier alpha value is -3.02. The van der Waals surface area contributed by atoms with Crippen molar-refractivity contribution in [3.63, 3.8) is 0 Å². The molecule has 0 aromatic heterocycles. The molecule has 2 aromatic rings.